The van der Waals surface area contributed by atoms with Gasteiger partial charge in [0.05, 0.1) is 12.2 Å². The van der Waals surface area contributed by atoms with Gasteiger partial charge >= 0.3 is 11.9 Å². The number of pyridine rings is 1. The number of carbonyl (C=O) groups excluding carboxylic acids is 2. The first-order valence-electron chi connectivity index (χ1n) is 8.37. The second-order valence-corrected chi connectivity index (χ2v) is 6.85. The van der Waals surface area contributed by atoms with E-state index in [2.05, 4.69) is 4.98 Å². The van der Waals surface area contributed by atoms with Gasteiger partial charge in [-0.25, -0.2) is 9.59 Å². The van der Waals surface area contributed by atoms with Crippen LogP contribution in [0.3, 0.4) is 0 Å². The van der Waals surface area contributed by atoms with Gasteiger partial charge in [0.2, 0.25) is 0 Å². The van der Waals surface area contributed by atoms with Crippen LogP contribution in [0.25, 0.3) is 11.1 Å². The second kappa shape index (κ2) is 7.56. The zero-order valence-corrected chi connectivity index (χ0v) is 15.6. The van der Waals surface area contributed by atoms with E-state index in [1.807, 2.05) is 0 Å². The summed E-state index contributed by atoms with van der Waals surface area (Å²) in [6, 6.07) is 8.33. The molecule has 2 aromatic rings. The van der Waals surface area contributed by atoms with E-state index in [1.54, 1.807) is 58.9 Å². The number of rotatable bonds is 4. The third kappa shape index (κ3) is 4.59. The van der Waals surface area contributed by atoms with E-state index in [4.69, 9.17) is 9.47 Å². The molecule has 0 aliphatic rings. The molecule has 0 bridgehead atoms. The smallest absolute Gasteiger partial charge is 0.343 e. The summed E-state index contributed by atoms with van der Waals surface area (Å²) in [5, 5.41) is 0. The highest BCUT2D eigenvalue weighted by Gasteiger charge is 2.19. The van der Waals surface area contributed by atoms with E-state index in [0.717, 1.165) is 0 Å². The van der Waals surface area contributed by atoms with Crippen molar-refractivity contribution >= 4 is 11.9 Å². The number of aromatic nitrogens is 1. The second-order valence-electron chi connectivity index (χ2n) is 6.85. The highest BCUT2D eigenvalue weighted by Crippen LogP contribution is 2.24. The van der Waals surface area contributed by atoms with Crippen molar-refractivity contribution in [3.63, 3.8) is 0 Å². The van der Waals surface area contributed by atoms with Crippen LogP contribution in [0.1, 0.15) is 54.1 Å². The molecule has 0 saturated carbocycles. The van der Waals surface area contributed by atoms with Gasteiger partial charge in [0.25, 0.3) is 5.56 Å². The molecule has 1 N–H and O–H groups in total. The largest absolute Gasteiger partial charge is 0.462 e. The Morgan fingerprint density at radius 2 is 1.81 bits per heavy atom. The van der Waals surface area contributed by atoms with Crippen molar-refractivity contribution in [1.29, 1.82) is 0 Å². The van der Waals surface area contributed by atoms with Crippen molar-refractivity contribution in [3.05, 3.63) is 57.5 Å². The molecule has 26 heavy (non-hydrogen) atoms. The standard InChI is InChI=1S/C20H23NO5/c1-6-25-19(24)16-11-15(12(2)21-17(16)22)13-8-7-9-14(10-13)18(23)26-20(3,4)5/h7-11H,6H2,1-5H3,(H,21,22). The maximum atomic E-state index is 12.3. The molecule has 0 unspecified atom stereocenters. The minimum absolute atomic E-state index is 0.0740. The molecule has 0 saturated heterocycles. The van der Waals surface area contributed by atoms with E-state index >= 15 is 0 Å². The Morgan fingerprint density at radius 3 is 2.42 bits per heavy atom. The minimum atomic E-state index is -0.682. The highest BCUT2D eigenvalue weighted by atomic mass is 16.6. The normalized spacial score (nSPS) is 11.1. The maximum Gasteiger partial charge on any atom is 0.343 e. The fourth-order valence-corrected chi connectivity index (χ4v) is 2.43. The average molecular weight is 357 g/mol. The fourth-order valence-electron chi connectivity index (χ4n) is 2.43. The molecule has 0 radical (unpaired) electrons. The zero-order valence-electron chi connectivity index (χ0n) is 15.6. The summed E-state index contributed by atoms with van der Waals surface area (Å²) in [5.74, 6) is -1.12. The van der Waals surface area contributed by atoms with Crippen LogP contribution in [0.5, 0.6) is 0 Å². The number of esters is 2. The Labute approximate surface area is 152 Å². The summed E-state index contributed by atoms with van der Waals surface area (Å²) in [6.45, 7) is 8.97. The molecule has 1 heterocycles. The molecular weight excluding hydrogens is 334 g/mol. The molecule has 138 valence electrons. The van der Waals surface area contributed by atoms with Gasteiger partial charge < -0.3 is 14.5 Å². The molecule has 0 amide bonds. The Morgan fingerprint density at radius 1 is 1.12 bits per heavy atom. The monoisotopic (exact) mass is 357 g/mol. The third-order valence-electron chi connectivity index (χ3n) is 3.54. The topological polar surface area (TPSA) is 85.5 Å². The molecule has 1 aromatic heterocycles. The van der Waals surface area contributed by atoms with E-state index in [9.17, 15) is 14.4 Å². The third-order valence-corrected chi connectivity index (χ3v) is 3.54. The predicted molar refractivity (Wildman–Crippen MR) is 98.4 cm³/mol. The fraction of sp³-hybridized carbons (Fsp3) is 0.350. The minimum Gasteiger partial charge on any atom is -0.462 e. The summed E-state index contributed by atoms with van der Waals surface area (Å²) < 4.78 is 10.3. The Balaban J connectivity index is 2.47. The van der Waals surface area contributed by atoms with Gasteiger partial charge in [-0.3, -0.25) is 4.79 Å². The lowest BCUT2D eigenvalue weighted by atomic mass is 10.00. The van der Waals surface area contributed by atoms with Crippen LogP contribution in [-0.4, -0.2) is 29.1 Å². The van der Waals surface area contributed by atoms with Gasteiger partial charge in [-0.15, -0.1) is 0 Å². The molecule has 6 heteroatoms. The molecular formula is C20H23NO5. The van der Waals surface area contributed by atoms with Crippen molar-refractivity contribution < 1.29 is 19.1 Å². The predicted octanol–water partition coefficient (Wildman–Crippen LogP) is 3.48. The van der Waals surface area contributed by atoms with Gasteiger partial charge in [-0.2, -0.15) is 0 Å². The van der Waals surface area contributed by atoms with Crippen molar-refractivity contribution in [1.82, 2.24) is 4.98 Å². The molecule has 0 aliphatic heterocycles. The van der Waals surface area contributed by atoms with Crippen LogP contribution in [0.2, 0.25) is 0 Å². The number of ether oxygens (including phenoxy) is 2. The van der Waals surface area contributed by atoms with Crippen LogP contribution < -0.4 is 5.56 Å². The van der Waals surface area contributed by atoms with Crippen LogP contribution in [0, 0.1) is 6.92 Å². The number of aryl methyl sites for hydroxylation is 1. The first kappa shape index (κ1) is 19.4. The molecule has 1 aromatic carbocycles. The SMILES string of the molecule is CCOC(=O)c1cc(-c2cccc(C(=O)OC(C)(C)C)c2)c(C)[nH]c1=O. The first-order valence-corrected chi connectivity index (χ1v) is 8.37. The molecule has 2 rings (SSSR count). The lowest BCUT2D eigenvalue weighted by Gasteiger charge is -2.19. The van der Waals surface area contributed by atoms with E-state index in [1.165, 1.54) is 6.07 Å². The molecule has 0 aliphatic carbocycles. The maximum absolute atomic E-state index is 12.3. The molecule has 0 atom stereocenters. The Bertz CT molecular complexity index is 890. The van der Waals surface area contributed by atoms with E-state index in [0.29, 0.717) is 22.4 Å². The number of aromatic amines is 1. The lowest BCUT2D eigenvalue weighted by Crippen LogP contribution is -2.24. The van der Waals surface area contributed by atoms with Crippen LogP contribution in [0.15, 0.2) is 35.1 Å². The summed E-state index contributed by atoms with van der Waals surface area (Å²) in [7, 11) is 0. The summed E-state index contributed by atoms with van der Waals surface area (Å²) in [6.07, 6.45) is 0. The van der Waals surface area contributed by atoms with Crippen molar-refractivity contribution in [3.8, 4) is 11.1 Å². The summed E-state index contributed by atoms with van der Waals surface area (Å²) >= 11 is 0. The van der Waals surface area contributed by atoms with Gasteiger partial charge in [-0.1, -0.05) is 12.1 Å². The Kier molecular flexibility index (Phi) is 5.65. The molecule has 0 fully saturated rings. The number of benzene rings is 1. The quantitative estimate of drug-likeness (QED) is 0.847. The number of hydrogen-bond donors (Lipinski definition) is 1. The van der Waals surface area contributed by atoms with Crippen molar-refractivity contribution in [2.75, 3.05) is 6.61 Å². The summed E-state index contributed by atoms with van der Waals surface area (Å²) in [4.78, 5) is 39.0. The number of hydrogen-bond acceptors (Lipinski definition) is 5. The first-order chi connectivity index (χ1) is 12.1. The van der Waals surface area contributed by atoms with Crippen molar-refractivity contribution in [2.24, 2.45) is 0 Å². The number of H-pyrrole nitrogens is 1. The average Bonchev–Trinajstić information content (AvgIpc) is 2.53. The van der Waals surface area contributed by atoms with Gasteiger partial charge in [0, 0.05) is 11.3 Å². The number of carbonyl (C=O) groups is 2. The molecule has 6 nitrogen and oxygen atoms in total. The summed E-state index contributed by atoms with van der Waals surface area (Å²) in [5.41, 5.74) is 1.12. The van der Waals surface area contributed by atoms with Gasteiger partial charge in [-0.05, 0) is 58.4 Å². The zero-order chi connectivity index (χ0) is 19.5. The van der Waals surface area contributed by atoms with Crippen LogP contribution >= 0.6 is 0 Å². The van der Waals surface area contributed by atoms with E-state index < -0.39 is 23.1 Å². The van der Waals surface area contributed by atoms with Crippen LogP contribution in [0.4, 0.5) is 0 Å². The van der Waals surface area contributed by atoms with Gasteiger partial charge in [0.1, 0.15) is 11.2 Å². The lowest BCUT2D eigenvalue weighted by molar-refractivity contribution is 0.00693. The number of nitrogens with one attached hydrogen (secondary N) is 1. The van der Waals surface area contributed by atoms with Crippen molar-refractivity contribution in [2.45, 2.75) is 40.2 Å². The molecule has 0 spiro atoms. The highest BCUT2D eigenvalue weighted by molar-refractivity contribution is 5.93. The van der Waals surface area contributed by atoms with E-state index in [-0.39, 0.29) is 12.2 Å². The van der Waals surface area contributed by atoms with Gasteiger partial charge in [0.15, 0.2) is 0 Å². The Hall–Kier alpha value is -2.89. The van der Waals surface area contributed by atoms with Crippen LogP contribution in [-0.2, 0) is 9.47 Å².